The van der Waals surface area contributed by atoms with Crippen LogP contribution in [0.15, 0.2) is 58.5 Å². The van der Waals surface area contributed by atoms with Crippen molar-refractivity contribution in [3.8, 4) is 0 Å². The van der Waals surface area contributed by atoms with Gasteiger partial charge in [0.15, 0.2) is 0 Å². The Kier molecular flexibility index (Phi) is 5.58. The van der Waals surface area contributed by atoms with Gasteiger partial charge in [0.25, 0.3) is 17.8 Å². The number of hydrogen-bond donors (Lipinski definition) is 4. The van der Waals surface area contributed by atoms with Crippen molar-refractivity contribution in [2.24, 2.45) is 21.5 Å². The van der Waals surface area contributed by atoms with Gasteiger partial charge in [-0.3, -0.25) is 20.6 Å². The van der Waals surface area contributed by atoms with Crippen LogP contribution in [0.1, 0.15) is 22.8 Å². The zero-order chi connectivity index (χ0) is 18.4. The number of benzene rings is 2. The normalized spacial score (nSPS) is 13.4. The van der Waals surface area contributed by atoms with Gasteiger partial charge in [-0.15, -0.1) is 0 Å². The van der Waals surface area contributed by atoms with Gasteiger partial charge in [0.2, 0.25) is 0 Å². The number of hydrogen-bond acceptors (Lipinski definition) is 6. The highest BCUT2D eigenvalue weighted by molar-refractivity contribution is 5.94. The van der Waals surface area contributed by atoms with Crippen LogP contribution in [0, 0.1) is 0 Å². The van der Waals surface area contributed by atoms with Gasteiger partial charge in [-0.05, 0) is 29.8 Å². The second kappa shape index (κ2) is 7.65. The molecule has 0 saturated carbocycles. The highest BCUT2D eigenvalue weighted by atomic mass is 16.4. The molecule has 130 valence electrons. The first kappa shape index (κ1) is 18.2. The van der Waals surface area contributed by atoms with E-state index in [2.05, 4.69) is 15.3 Å². The van der Waals surface area contributed by atoms with Crippen LogP contribution >= 0.6 is 0 Å². The molecule has 0 aliphatic carbocycles. The summed E-state index contributed by atoms with van der Waals surface area (Å²) in [6, 6.07) is 14.3. The lowest BCUT2D eigenvalue weighted by Gasteiger charge is -2.18. The van der Waals surface area contributed by atoms with E-state index >= 15 is 0 Å². The van der Waals surface area contributed by atoms with E-state index in [1.165, 1.54) is 0 Å². The van der Waals surface area contributed by atoms with Crippen LogP contribution < -0.4 is 27.5 Å². The van der Waals surface area contributed by atoms with E-state index in [0.29, 0.717) is 22.8 Å². The van der Waals surface area contributed by atoms with Gasteiger partial charge in [-0.2, -0.15) is 0 Å². The number of carbonyl (C=O) groups is 2. The molecule has 2 aromatic rings. The molecule has 0 saturated heterocycles. The Morgan fingerprint density at radius 1 is 1.12 bits per heavy atom. The number of para-hydroxylation sites is 2. The SMILES string of the molecule is CC(=O)O.NCc1cccc(C(=O)NC2(N)N=c3ccccc3=N2)c1. The van der Waals surface area contributed by atoms with Gasteiger partial charge in [0.05, 0.1) is 10.7 Å². The molecule has 0 radical (unpaired) electrons. The summed E-state index contributed by atoms with van der Waals surface area (Å²) in [5.74, 6) is -2.63. The van der Waals surface area contributed by atoms with Gasteiger partial charge in [0, 0.05) is 19.0 Å². The fourth-order valence-electron chi connectivity index (χ4n) is 2.18. The predicted octanol–water partition coefficient (Wildman–Crippen LogP) is -0.511. The molecule has 0 fully saturated rings. The van der Waals surface area contributed by atoms with Crippen LogP contribution in [-0.4, -0.2) is 22.9 Å². The minimum atomic E-state index is -1.46. The maximum Gasteiger partial charge on any atom is 0.300 e. The summed E-state index contributed by atoms with van der Waals surface area (Å²) in [6.45, 7) is 1.45. The summed E-state index contributed by atoms with van der Waals surface area (Å²) in [4.78, 5) is 29.8. The van der Waals surface area contributed by atoms with Crippen LogP contribution in [0.3, 0.4) is 0 Å². The lowest BCUT2D eigenvalue weighted by molar-refractivity contribution is -0.134. The molecule has 0 unspecified atom stereocenters. The smallest absolute Gasteiger partial charge is 0.300 e. The Bertz CT molecular complexity index is 871. The average molecular weight is 341 g/mol. The van der Waals surface area contributed by atoms with E-state index in [4.69, 9.17) is 21.4 Å². The number of nitrogens with two attached hydrogens (primary N) is 2. The second-order valence-electron chi connectivity index (χ2n) is 5.32. The van der Waals surface area contributed by atoms with Gasteiger partial charge < -0.3 is 10.8 Å². The number of nitrogens with one attached hydrogen (secondary N) is 1. The Morgan fingerprint density at radius 3 is 2.20 bits per heavy atom. The lowest BCUT2D eigenvalue weighted by Crippen LogP contribution is -2.52. The van der Waals surface area contributed by atoms with Gasteiger partial charge >= 0.3 is 0 Å². The van der Waals surface area contributed by atoms with Crippen LogP contribution in [0.2, 0.25) is 0 Å². The van der Waals surface area contributed by atoms with Crippen LogP contribution in [-0.2, 0) is 11.3 Å². The summed E-state index contributed by atoms with van der Waals surface area (Å²) in [6.07, 6.45) is 0. The summed E-state index contributed by atoms with van der Waals surface area (Å²) in [5, 5.41) is 11.4. The van der Waals surface area contributed by atoms with Gasteiger partial charge in [-0.1, -0.05) is 24.3 Å². The highest BCUT2D eigenvalue weighted by Crippen LogP contribution is 2.08. The van der Waals surface area contributed by atoms with E-state index in [1.54, 1.807) is 30.3 Å². The number of carbonyl (C=O) groups excluding carboxylic acids is 1. The van der Waals surface area contributed by atoms with Crippen molar-refractivity contribution < 1.29 is 14.7 Å². The molecule has 0 bridgehead atoms. The van der Waals surface area contributed by atoms with Crippen LogP contribution in [0.25, 0.3) is 0 Å². The quantitative estimate of drug-likeness (QED) is 0.556. The van der Waals surface area contributed by atoms with Gasteiger partial charge in [0.1, 0.15) is 0 Å². The van der Waals surface area contributed by atoms with Crippen molar-refractivity contribution in [1.29, 1.82) is 0 Å². The van der Waals surface area contributed by atoms with E-state index in [9.17, 15) is 4.79 Å². The fraction of sp³-hybridized carbons (Fsp3) is 0.176. The third-order valence-corrected chi connectivity index (χ3v) is 3.19. The number of amides is 1. The highest BCUT2D eigenvalue weighted by Gasteiger charge is 2.28. The van der Waals surface area contributed by atoms with Crippen molar-refractivity contribution in [3.05, 3.63) is 70.4 Å². The standard InChI is InChI=1S/C15H15N5O.C2H4O2/c16-9-10-4-3-5-11(8-10)14(21)20-15(17)18-12-6-1-2-7-13(12)19-15;1-2(3)4/h1-8H,9,16-17H2,(H,20,21);1H3,(H,3,4). The molecule has 1 amide bonds. The molecule has 6 N–H and O–H groups in total. The number of aliphatic carboxylic acids is 1. The summed E-state index contributed by atoms with van der Waals surface area (Å²) in [7, 11) is 0. The monoisotopic (exact) mass is 341 g/mol. The zero-order valence-corrected chi connectivity index (χ0v) is 13.6. The van der Waals surface area contributed by atoms with E-state index < -0.39 is 11.9 Å². The van der Waals surface area contributed by atoms with Crippen LogP contribution in [0.4, 0.5) is 0 Å². The fourth-order valence-corrected chi connectivity index (χ4v) is 2.18. The first-order chi connectivity index (χ1) is 11.8. The maximum absolute atomic E-state index is 12.3. The zero-order valence-electron chi connectivity index (χ0n) is 13.6. The number of nitrogens with zero attached hydrogens (tertiary/aromatic N) is 2. The average Bonchev–Trinajstić information content (AvgIpc) is 2.90. The molecule has 2 aromatic carbocycles. The molecule has 0 spiro atoms. The molecule has 1 aliphatic rings. The molecule has 1 heterocycles. The number of rotatable bonds is 3. The molecular weight excluding hydrogens is 322 g/mol. The third-order valence-electron chi connectivity index (χ3n) is 3.19. The minimum Gasteiger partial charge on any atom is -0.481 e. The molecule has 0 atom stereocenters. The molecule has 0 aromatic heterocycles. The topological polar surface area (TPSA) is 143 Å². The number of fused-ring (bicyclic) bond motifs is 1. The molecule has 8 heteroatoms. The molecule has 3 rings (SSSR count). The number of carboxylic acid groups (broad SMARTS) is 1. The largest absolute Gasteiger partial charge is 0.481 e. The Labute approximate surface area is 143 Å². The van der Waals surface area contributed by atoms with Crippen LogP contribution in [0.5, 0.6) is 0 Å². The predicted molar refractivity (Wildman–Crippen MR) is 90.8 cm³/mol. The van der Waals surface area contributed by atoms with Crippen molar-refractivity contribution in [2.45, 2.75) is 19.4 Å². The Balaban J connectivity index is 0.000000511. The van der Waals surface area contributed by atoms with E-state index in [0.717, 1.165) is 12.5 Å². The number of carboxylic acids is 1. The maximum atomic E-state index is 12.3. The first-order valence-electron chi connectivity index (χ1n) is 7.48. The summed E-state index contributed by atoms with van der Waals surface area (Å²) >= 11 is 0. The van der Waals surface area contributed by atoms with Crippen molar-refractivity contribution in [3.63, 3.8) is 0 Å². The minimum absolute atomic E-state index is 0.340. The van der Waals surface area contributed by atoms with Gasteiger partial charge in [-0.25, -0.2) is 9.98 Å². The third kappa shape index (κ3) is 4.93. The first-order valence-corrected chi connectivity index (χ1v) is 7.48. The molecule has 1 aliphatic heterocycles. The Morgan fingerprint density at radius 2 is 1.68 bits per heavy atom. The Hall–Kier alpha value is -3.10. The molecular formula is C17H19N5O3. The second-order valence-corrected chi connectivity index (χ2v) is 5.32. The van der Waals surface area contributed by atoms with Crippen molar-refractivity contribution in [1.82, 2.24) is 5.32 Å². The van der Waals surface area contributed by atoms with E-state index in [1.807, 2.05) is 18.2 Å². The molecule has 8 nitrogen and oxygen atoms in total. The summed E-state index contributed by atoms with van der Waals surface area (Å²) < 4.78 is 0. The lowest BCUT2D eigenvalue weighted by atomic mass is 10.1. The summed E-state index contributed by atoms with van der Waals surface area (Å²) in [5.41, 5.74) is 12.9. The van der Waals surface area contributed by atoms with Crippen molar-refractivity contribution >= 4 is 11.9 Å². The molecule has 25 heavy (non-hydrogen) atoms. The van der Waals surface area contributed by atoms with Crippen molar-refractivity contribution in [2.75, 3.05) is 0 Å². The van der Waals surface area contributed by atoms with E-state index in [-0.39, 0.29) is 5.91 Å².